The van der Waals surface area contributed by atoms with Gasteiger partial charge in [0.2, 0.25) is 5.89 Å². The van der Waals surface area contributed by atoms with Crippen molar-refractivity contribution in [3.8, 4) is 17.4 Å². The molecule has 0 saturated heterocycles. The van der Waals surface area contributed by atoms with Crippen LogP contribution in [0.25, 0.3) is 22.6 Å². The Balaban J connectivity index is 1.59. The van der Waals surface area contributed by atoms with E-state index in [1.54, 1.807) is 31.6 Å². The summed E-state index contributed by atoms with van der Waals surface area (Å²) in [6.45, 7) is 3.90. The van der Waals surface area contributed by atoms with Crippen molar-refractivity contribution in [1.82, 2.24) is 15.1 Å². The van der Waals surface area contributed by atoms with Crippen LogP contribution in [0, 0.1) is 0 Å². The van der Waals surface area contributed by atoms with E-state index < -0.39 is 5.63 Å². The molecule has 0 amide bonds. The Labute approximate surface area is 166 Å². The van der Waals surface area contributed by atoms with Crippen molar-refractivity contribution in [3.63, 3.8) is 0 Å². The lowest BCUT2D eigenvalue weighted by Crippen LogP contribution is -2.24. The summed E-state index contributed by atoms with van der Waals surface area (Å²) in [6, 6.07) is 10.5. The van der Waals surface area contributed by atoms with Crippen LogP contribution in [-0.4, -0.2) is 28.8 Å². The third kappa shape index (κ3) is 4.22. The van der Waals surface area contributed by atoms with Crippen LogP contribution < -0.4 is 10.4 Å². The predicted molar refractivity (Wildman–Crippen MR) is 105 cm³/mol. The van der Waals surface area contributed by atoms with Crippen LogP contribution in [0.4, 0.5) is 0 Å². The first-order chi connectivity index (χ1) is 14.2. The molecule has 8 nitrogen and oxygen atoms in total. The van der Waals surface area contributed by atoms with Gasteiger partial charge in [-0.1, -0.05) is 6.92 Å². The SMILES string of the molecule is CCCN(Cc1nnc(-c2ccco2)o1)Cc1cc(=O)oc2cc(OC)ccc12. The van der Waals surface area contributed by atoms with Crippen molar-refractivity contribution in [1.29, 1.82) is 0 Å². The van der Waals surface area contributed by atoms with Gasteiger partial charge in [-0.3, -0.25) is 4.90 Å². The monoisotopic (exact) mass is 395 g/mol. The van der Waals surface area contributed by atoms with Gasteiger partial charge in [0.1, 0.15) is 11.3 Å². The second-order valence-electron chi connectivity index (χ2n) is 6.64. The summed E-state index contributed by atoms with van der Waals surface area (Å²) in [5, 5.41) is 9.04. The molecule has 0 unspecified atom stereocenters. The zero-order chi connectivity index (χ0) is 20.2. The Hall–Kier alpha value is -3.39. The topological polar surface area (TPSA) is 94.7 Å². The molecule has 0 fully saturated rings. The Morgan fingerprint density at radius 1 is 1.10 bits per heavy atom. The molecule has 0 spiro atoms. The van der Waals surface area contributed by atoms with Gasteiger partial charge in [-0.15, -0.1) is 10.2 Å². The summed E-state index contributed by atoms with van der Waals surface area (Å²) in [4.78, 5) is 14.2. The highest BCUT2D eigenvalue weighted by molar-refractivity contribution is 5.81. The number of benzene rings is 1. The van der Waals surface area contributed by atoms with Gasteiger partial charge >= 0.3 is 5.63 Å². The minimum Gasteiger partial charge on any atom is -0.497 e. The molecule has 0 aliphatic heterocycles. The normalized spacial score (nSPS) is 11.4. The Kier molecular flexibility index (Phi) is 5.44. The summed E-state index contributed by atoms with van der Waals surface area (Å²) in [7, 11) is 1.58. The predicted octanol–water partition coefficient (Wildman–Crippen LogP) is 3.86. The molecule has 0 N–H and O–H groups in total. The van der Waals surface area contributed by atoms with Crippen molar-refractivity contribution in [2.75, 3.05) is 13.7 Å². The van der Waals surface area contributed by atoms with Crippen LogP contribution in [0.5, 0.6) is 5.75 Å². The number of fused-ring (bicyclic) bond motifs is 1. The second-order valence-corrected chi connectivity index (χ2v) is 6.64. The first-order valence-electron chi connectivity index (χ1n) is 9.35. The molecule has 0 radical (unpaired) electrons. The zero-order valence-corrected chi connectivity index (χ0v) is 16.3. The molecular formula is C21H21N3O5. The van der Waals surface area contributed by atoms with Gasteiger partial charge in [-0.2, -0.15) is 0 Å². The van der Waals surface area contributed by atoms with E-state index in [1.165, 1.54) is 6.07 Å². The molecule has 0 atom stereocenters. The van der Waals surface area contributed by atoms with Crippen molar-refractivity contribution in [3.05, 3.63) is 64.5 Å². The van der Waals surface area contributed by atoms with Gasteiger partial charge < -0.3 is 18.0 Å². The maximum Gasteiger partial charge on any atom is 0.336 e. The highest BCUT2D eigenvalue weighted by Crippen LogP contribution is 2.24. The number of aromatic nitrogens is 2. The van der Waals surface area contributed by atoms with Gasteiger partial charge in [-0.25, -0.2) is 4.79 Å². The average molecular weight is 395 g/mol. The van der Waals surface area contributed by atoms with Crippen molar-refractivity contribution >= 4 is 11.0 Å². The molecule has 3 aromatic heterocycles. The molecule has 29 heavy (non-hydrogen) atoms. The van der Waals surface area contributed by atoms with Crippen LogP contribution >= 0.6 is 0 Å². The number of ether oxygens (including phenoxy) is 1. The minimum absolute atomic E-state index is 0.347. The molecule has 4 rings (SSSR count). The fourth-order valence-electron chi connectivity index (χ4n) is 3.25. The third-order valence-corrected chi connectivity index (χ3v) is 4.53. The summed E-state index contributed by atoms with van der Waals surface area (Å²) < 4.78 is 21.6. The number of hydrogen-bond donors (Lipinski definition) is 0. The van der Waals surface area contributed by atoms with E-state index in [2.05, 4.69) is 22.0 Å². The highest BCUT2D eigenvalue weighted by Gasteiger charge is 2.16. The lowest BCUT2D eigenvalue weighted by atomic mass is 10.1. The van der Waals surface area contributed by atoms with Crippen LogP contribution in [0.3, 0.4) is 0 Å². The molecule has 4 aromatic rings. The molecule has 0 saturated carbocycles. The fraction of sp³-hybridized carbons (Fsp3) is 0.286. The molecule has 0 bridgehead atoms. The van der Waals surface area contributed by atoms with Gasteiger partial charge in [0, 0.05) is 24.1 Å². The maximum atomic E-state index is 12.1. The van der Waals surface area contributed by atoms with E-state index in [0.29, 0.717) is 42.0 Å². The highest BCUT2D eigenvalue weighted by atomic mass is 16.5. The second kappa shape index (κ2) is 8.32. The van der Waals surface area contributed by atoms with Crippen molar-refractivity contribution in [2.45, 2.75) is 26.4 Å². The number of nitrogens with zero attached hydrogens (tertiary/aromatic N) is 3. The third-order valence-electron chi connectivity index (χ3n) is 4.53. The quantitative estimate of drug-likeness (QED) is 0.415. The number of methoxy groups -OCH3 is 1. The van der Waals surface area contributed by atoms with Crippen molar-refractivity contribution < 1.29 is 18.0 Å². The largest absolute Gasteiger partial charge is 0.497 e. The first-order valence-corrected chi connectivity index (χ1v) is 9.35. The van der Waals surface area contributed by atoms with Gasteiger partial charge in [0.15, 0.2) is 5.76 Å². The molecule has 8 heteroatoms. The summed E-state index contributed by atoms with van der Waals surface area (Å²) >= 11 is 0. The van der Waals surface area contributed by atoms with Crippen LogP contribution in [0.1, 0.15) is 24.8 Å². The number of hydrogen-bond acceptors (Lipinski definition) is 8. The molecule has 150 valence electrons. The maximum absolute atomic E-state index is 12.1. The van der Waals surface area contributed by atoms with Crippen LogP contribution in [0.15, 0.2) is 60.7 Å². The lowest BCUT2D eigenvalue weighted by Gasteiger charge is -2.20. The molecule has 0 aliphatic carbocycles. The van der Waals surface area contributed by atoms with E-state index in [4.69, 9.17) is 18.0 Å². The number of furan rings is 1. The minimum atomic E-state index is -0.393. The average Bonchev–Trinajstić information content (AvgIpc) is 3.39. The Morgan fingerprint density at radius 3 is 2.76 bits per heavy atom. The molecule has 0 aliphatic rings. The lowest BCUT2D eigenvalue weighted by molar-refractivity contribution is 0.232. The van der Waals surface area contributed by atoms with E-state index in [1.807, 2.05) is 12.1 Å². The Morgan fingerprint density at radius 2 is 2.00 bits per heavy atom. The van der Waals surface area contributed by atoms with Gasteiger partial charge in [0.05, 0.1) is 19.9 Å². The first kappa shape index (κ1) is 18.9. The zero-order valence-electron chi connectivity index (χ0n) is 16.3. The van der Waals surface area contributed by atoms with E-state index in [-0.39, 0.29) is 0 Å². The smallest absolute Gasteiger partial charge is 0.336 e. The Bertz CT molecular complexity index is 1150. The molecule has 1 aromatic carbocycles. The molecule has 3 heterocycles. The summed E-state index contributed by atoms with van der Waals surface area (Å²) in [6.07, 6.45) is 2.50. The van der Waals surface area contributed by atoms with Crippen LogP contribution in [0.2, 0.25) is 0 Å². The van der Waals surface area contributed by atoms with Crippen molar-refractivity contribution in [2.24, 2.45) is 0 Å². The number of rotatable bonds is 8. The van der Waals surface area contributed by atoms with E-state index in [9.17, 15) is 4.79 Å². The molecular weight excluding hydrogens is 374 g/mol. The summed E-state index contributed by atoms with van der Waals surface area (Å²) in [5.74, 6) is 2.00. The van der Waals surface area contributed by atoms with Gasteiger partial charge in [0.25, 0.3) is 5.89 Å². The van der Waals surface area contributed by atoms with Crippen LogP contribution in [-0.2, 0) is 13.1 Å². The van der Waals surface area contributed by atoms with E-state index >= 15 is 0 Å². The standard InChI is InChI=1S/C21H21N3O5/c1-3-8-24(13-19-22-23-21(29-19)17-5-4-9-27-17)12-14-10-20(25)28-18-11-15(26-2)6-7-16(14)18/h4-7,9-11H,3,8,12-13H2,1-2H3. The summed E-state index contributed by atoms with van der Waals surface area (Å²) in [5.41, 5.74) is 0.981. The van der Waals surface area contributed by atoms with Gasteiger partial charge in [-0.05, 0) is 42.8 Å². The van der Waals surface area contributed by atoms with E-state index in [0.717, 1.165) is 23.9 Å². The fourth-order valence-corrected chi connectivity index (χ4v) is 3.25.